The zero-order chi connectivity index (χ0) is 12.4. The van der Waals surface area contributed by atoms with Crippen LogP contribution in [0.15, 0.2) is 0 Å². The van der Waals surface area contributed by atoms with Crippen LogP contribution in [0.2, 0.25) is 0 Å². The normalized spacial score (nSPS) is 14.4. The van der Waals surface area contributed by atoms with E-state index in [4.69, 9.17) is 10.3 Å². The third kappa shape index (κ3) is 9.99. The van der Waals surface area contributed by atoms with Gasteiger partial charge in [-0.25, -0.2) is 4.79 Å². The molecule has 0 aromatic heterocycles. The van der Waals surface area contributed by atoms with Crippen LogP contribution in [0, 0.1) is 5.92 Å². The minimum atomic E-state index is -1.92. The lowest BCUT2D eigenvalue weighted by Crippen LogP contribution is -2.17. The van der Waals surface area contributed by atoms with E-state index in [1.54, 1.807) is 0 Å². The number of amides is 1. The number of ether oxygens (including phenoxy) is 1. The van der Waals surface area contributed by atoms with Gasteiger partial charge in [-0.2, -0.15) is 0 Å². The molecule has 6 heteroatoms. The second kappa shape index (κ2) is 9.67. The van der Waals surface area contributed by atoms with Crippen molar-refractivity contribution in [2.75, 3.05) is 19.4 Å². The fraction of sp³-hybridized carbons (Fsp3) is 0.900. The molecule has 0 saturated heterocycles. The Kier molecular flexibility index (Phi) is 9.34. The monoisotopic (exact) mass is 251 g/mol. The molecule has 0 aromatic carbocycles. The second-order valence-corrected chi connectivity index (χ2v) is 5.38. The highest BCUT2D eigenvalue weighted by Gasteiger charge is 2.07. The van der Waals surface area contributed by atoms with Gasteiger partial charge in [0.2, 0.25) is 0 Å². The largest absolute Gasteiger partial charge is 0.449 e. The summed E-state index contributed by atoms with van der Waals surface area (Å²) in [5.41, 5.74) is 4.84. The predicted octanol–water partition coefficient (Wildman–Crippen LogP) is 2.40. The van der Waals surface area contributed by atoms with Crippen molar-refractivity contribution in [3.05, 3.63) is 0 Å². The van der Waals surface area contributed by atoms with Gasteiger partial charge in [-0.3, -0.25) is 4.57 Å². The molecule has 2 unspecified atom stereocenters. The third-order valence-electron chi connectivity index (χ3n) is 2.11. The van der Waals surface area contributed by atoms with Gasteiger partial charge in [0.25, 0.3) is 0 Å². The summed E-state index contributed by atoms with van der Waals surface area (Å²) >= 11 is 0. The van der Waals surface area contributed by atoms with E-state index in [2.05, 4.69) is 11.7 Å². The van der Waals surface area contributed by atoms with Gasteiger partial charge in [0.05, 0.1) is 13.2 Å². The van der Waals surface area contributed by atoms with Crippen molar-refractivity contribution in [3.8, 4) is 0 Å². The molecule has 5 nitrogen and oxygen atoms in total. The Labute approximate surface area is 97.5 Å². The molecule has 96 valence electrons. The van der Waals surface area contributed by atoms with Crippen LogP contribution in [0.5, 0.6) is 0 Å². The van der Waals surface area contributed by atoms with Crippen LogP contribution in [-0.4, -0.2) is 25.5 Å². The highest BCUT2D eigenvalue weighted by Crippen LogP contribution is 2.25. The number of rotatable bonds is 9. The fourth-order valence-electron chi connectivity index (χ4n) is 1.07. The van der Waals surface area contributed by atoms with E-state index in [1.807, 2.05) is 6.92 Å². The molecule has 2 N–H and O–H groups in total. The highest BCUT2D eigenvalue weighted by molar-refractivity contribution is 7.39. The summed E-state index contributed by atoms with van der Waals surface area (Å²) < 4.78 is 21.2. The first-order valence-corrected chi connectivity index (χ1v) is 7.16. The standard InChI is InChI=1S/C10H22NO4P/c1-3-4-6-15-16(13)7-5-9(2)8-14-10(11)12/h9,16H,3-8H2,1-2H3,(H2,11,12). The first-order valence-electron chi connectivity index (χ1n) is 5.64. The Morgan fingerprint density at radius 1 is 1.50 bits per heavy atom. The van der Waals surface area contributed by atoms with Crippen LogP contribution in [0.25, 0.3) is 0 Å². The van der Waals surface area contributed by atoms with E-state index in [-0.39, 0.29) is 12.5 Å². The van der Waals surface area contributed by atoms with Crippen LogP contribution in [0.4, 0.5) is 4.79 Å². The Morgan fingerprint density at radius 3 is 2.75 bits per heavy atom. The van der Waals surface area contributed by atoms with Crippen molar-refractivity contribution in [2.45, 2.75) is 33.1 Å². The summed E-state index contributed by atoms with van der Waals surface area (Å²) in [4.78, 5) is 10.3. The van der Waals surface area contributed by atoms with Crippen LogP contribution in [0.3, 0.4) is 0 Å². The first kappa shape index (κ1) is 15.5. The third-order valence-corrected chi connectivity index (χ3v) is 3.34. The zero-order valence-electron chi connectivity index (χ0n) is 10.0. The van der Waals surface area contributed by atoms with Crippen LogP contribution in [0.1, 0.15) is 33.1 Å². The molecule has 0 spiro atoms. The summed E-state index contributed by atoms with van der Waals surface area (Å²) in [6.07, 6.45) is 2.47. The van der Waals surface area contributed by atoms with Gasteiger partial charge < -0.3 is 15.0 Å². The van der Waals surface area contributed by atoms with Crippen molar-refractivity contribution in [3.63, 3.8) is 0 Å². The topological polar surface area (TPSA) is 78.6 Å². The second-order valence-electron chi connectivity index (χ2n) is 3.85. The van der Waals surface area contributed by atoms with Crippen molar-refractivity contribution < 1.29 is 18.6 Å². The van der Waals surface area contributed by atoms with Gasteiger partial charge in [0.15, 0.2) is 8.03 Å². The van der Waals surface area contributed by atoms with Gasteiger partial charge in [0.1, 0.15) is 0 Å². The lowest BCUT2D eigenvalue weighted by atomic mass is 10.1. The van der Waals surface area contributed by atoms with Crippen molar-refractivity contribution in [1.82, 2.24) is 0 Å². The smallest absolute Gasteiger partial charge is 0.404 e. The van der Waals surface area contributed by atoms with Gasteiger partial charge in [-0.05, 0) is 18.8 Å². The summed E-state index contributed by atoms with van der Waals surface area (Å²) in [5.74, 6) is 0.163. The molecule has 0 aromatic rings. The van der Waals surface area contributed by atoms with Gasteiger partial charge >= 0.3 is 6.09 Å². The maximum atomic E-state index is 11.4. The predicted molar refractivity (Wildman–Crippen MR) is 64.0 cm³/mol. The van der Waals surface area contributed by atoms with E-state index in [1.165, 1.54) is 0 Å². The fourth-order valence-corrected chi connectivity index (χ4v) is 2.32. The summed E-state index contributed by atoms with van der Waals surface area (Å²) in [6, 6.07) is 0. The SMILES string of the molecule is CCCCO[PH](=O)CCC(C)COC(N)=O. The summed E-state index contributed by atoms with van der Waals surface area (Å²) in [7, 11) is -1.92. The van der Waals surface area contributed by atoms with Gasteiger partial charge in [0, 0.05) is 6.16 Å². The molecule has 0 aliphatic heterocycles. The molecule has 1 amide bonds. The Morgan fingerprint density at radius 2 is 2.19 bits per heavy atom. The number of carbonyl (C=O) groups excluding carboxylic acids is 1. The van der Waals surface area contributed by atoms with E-state index >= 15 is 0 Å². The van der Waals surface area contributed by atoms with Gasteiger partial charge in [-0.15, -0.1) is 0 Å². The molecule has 0 fully saturated rings. The molecule has 0 rings (SSSR count). The minimum Gasteiger partial charge on any atom is -0.449 e. The van der Waals surface area contributed by atoms with Crippen molar-refractivity contribution >= 4 is 14.1 Å². The molecule has 0 bridgehead atoms. The lowest BCUT2D eigenvalue weighted by molar-refractivity contribution is 0.139. The van der Waals surface area contributed by atoms with E-state index in [9.17, 15) is 9.36 Å². The number of primary amides is 1. The van der Waals surface area contributed by atoms with Crippen LogP contribution < -0.4 is 5.73 Å². The summed E-state index contributed by atoms with van der Waals surface area (Å²) in [5, 5.41) is 0. The quantitative estimate of drug-likeness (QED) is 0.504. The molecule has 0 heterocycles. The number of hydrogen-bond donors (Lipinski definition) is 1. The van der Waals surface area contributed by atoms with Crippen molar-refractivity contribution in [1.29, 1.82) is 0 Å². The van der Waals surface area contributed by atoms with Crippen LogP contribution in [-0.2, 0) is 13.8 Å². The van der Waals surface area contributed by atoms with Gasteiger partial charge in [-0.1, -0.05) is 20.3 Å². The number of nitrogens with two attached hydrogens (primary N) is 1. The molecule has 0 aliphatic carbocycles. The molecular formula is C10H22NO4P. The van der Waals surface area contributed by atoms with E-state index in [0.717, 1.165) is 19.3 Å². The maximum absolute atomic E-state index is 11.4. The first-order chi connectivity index (χ1) is 7.56. The number of carbonyl (C=O) groups is 1. The Bertz CT molecular complexity index is 223. The number of unbranched alkanes of at least 4 members (excludes halogenated alkanes) is 1. The minimum absolute atomic E-state index is 0.163. The average molecular weight is 251 g/mol. The zero-order valence-corrected chi connectivity index (χ0v) is 11.0. The van der Waals surface area contributed by atoms with E-state index in [0.29, 0.717) is 12.8 Å². The molecular weight excluding hydrogens is 229 g/mol. The lowest BCUT2D eigenvalue weighted by Gasteiger charge is -2.10. The molecule has 0 saturated carbocycles. The number of hydrogen-bond acceptors (Lipinski definition) is 4. The van der Waals surface area contributed by atoms with E-state index < -0.39 is 14.1 Å². The molecule has 0 radical (unpaired) electrons. The molecule has 2 atom stereocenters. The Hall–Kier alpha value is -0.540. The molecule has 0 aliphatic rings. The highest BCUT2D eigenvalue weighted by atomic mass is 31.1. The summed E-state index contributed by atoms with van der Waals surface area (Å²) in [6.45, 7) is 4.83. The maximum Gasteiger partial charge on any atom is 0.404 e. The molecule has 16 heavy (non-hydrogen) atoms. The average Bonchev–Trinajstić information content (AvgIpc) is 2.24. The van der Waals surface area contributed by atoms with Crippen molar-refractivity contribution in [2.24, 2.45) is 11.7 Å². The van der Waals surface area contributed by atoms with Crippen LogP contribution >= 0.6 is 8.03 Å². The Balaban J connectivity index is 3.47.